The van der Waals surface area contributed by atoms with Crippen LogP contribution in [0.15, 0.2) is 34.5 Å². The van der Waals surface area contributed by atoms with Gasteiger partial charge in [-0.1, -0.05) is 23.5 Å². The molecular weight excluding hydrogens is 270 g/mol. The number of hydrogen-bond donors (Lipinski definition) is 1. The summed E-state index contributed by atoms with van der Waals surface area (Å²) in [5.41, 5.74) is 1.40. The highest BCUT2D eigenvalue weighted by Crippen LogP contribution is 2.22. The smallest absolute Gasteiger partial charge is 0.180 e. The second kappa shape index (κ2) is 5.45. The van der Waals surface area contributed by atoms with Gasteiger partial charge in [0, 0.05) is 5.38 Å². The average Bonchev–Trinajstić information content (AvgIpc) is 2.90. The standard InChI is InChI=1S/C11H13N3O2S2/c1-2-18(15,16)11-6-4-3-5-10(11)12-7-9-8-17-14-13-9/h3-6,8,12H,2,7H2,1H3. The van der Waals surface area contributed by atoms with Gasteiger partial charge in [-0.2, -0.15) is 0 Å². The first-order valence-corrected chi connectivity index (χ1v) is 7.94. The molecule has 0 spiro atoms. The number of benzene rings is 1. The monoisotopic (exact) mass is 283 g/mol. The summed E-state index contributed by atoms with van der Waals surface area (Å²) in [4.78, 5) is 0.329. The van der Waals surface area contributed by atoms with Crippen molar-refractivity contribution in [2.75, 3.05) is 11.1 Å². The number of hydrogen-bond acceptors (Lipinski definition) is 6. The molecule has 0 aliphatic heterocycles. The summed E-state index contributed by atoms with van der Waals surface area (Å²) in [5, 5.41) is 8.80. The van der Waals surface area contributed by atoms with Gasteiger partial charge in [0.05, 0.1) is 28.6 Å². The third-order valence-electron chi connectivity index (χ3n) is 2.47. The Hall–Kier alpha value is -1.47. The van der Waals surface area contributed by atoms with Crippen molar-refractivity contribution in [3.63, 3.8) is 0 Å². The SMILES string of the molecule is CCS(=O)(=O)c1ccccc1NCc1csnn1. The van der Waals surface area contributed by atoms with Crippen molar-refractivity contribution in [3.05, 3.63) is 35.3 Å². The molecule has 7 heteroatoms. The van der Waals surface area contributed by atoms with E-state index in [1.807, 2.05) is 5.38 Å². The van der Waals surface area contributed by atoms with Gasteiger partial charge >= 0.3 is 0 Å². The molecule has 1 aromatic heterocycles. The van der Waals surface area contributed by atoms with Crippen molar-refractivity contribution >= 4 is 27.1 Å². The fraction of sp³-hybridized carbons (Fsp3) is 0.273. The summed E-state index contributed by atoms with van der Waals surface area (Å²) in [6.45, 7) is 2.10. The molecule has 0 saturated heterocycles. The highest BCUT2D eigenvalue weighted by atomic mass is 32.2. The van der Waals surface area contributed by atoms with Gasteiger partial charge in [0.25, 0.3) is 0 Å². The molecular formula is C11H13N3O2S2. The molecule has 2 rings (SSSR count). The fourth-order valence-corrected chi connectivity index (χ4v) is 3.01. The second-order valence-corrected chi connectivity index (χ2v) is 6.51. The summed E-state index contributed by atoms with van der Waals surface area (Å²) in [5.74, 6) is 0.0873. The van der Waals surface area contributed by atoms with E-state index in [9.17, 15) is 8.42 Å². The average molecular weight is 283 g/mol. The minimum atomic E-state index is -3.22. The molecule has 0 bridgehead atoms. The van der Waals surface area contributed by atoms with E-state index in [2.05, 4.69) is 14.9 Å². The van der Waals surface area contributed by atoms with Crippen molar-refractivity contribution in [1.82, 2.24) is 9.59 Å². The first kappa shape index (κ1) is 13.0. The lowest BCUT2D eigenvalue weighted by molar-refractivity contribution is 0.597. The third kappa shape index (κ3) is 2.85. The molecule has 0 fully saturated rings. The Morgan fingerprint density at radius 3 is 2.78 bits per heavy atom. The maximum Gasteiger partial charge on any atom is 0.180 e. The lowest BCUT2D eigenvalue weighted by atomic mass is 10.3. The van der Waals surface area contributed by atoms with Crippen LogP contribution in [0.1, 0.15) is 12.6 Å². The normalized spacial score (nSPS) is 11.4. The highest BCUT2D eigenvalue weighted by Gasteiger charge is 2.15. The molecule has 96 valence electrons. The molecule has 18 heavy (non-hydrogen) atoms. The molecule has 0 saturated carbocycles. The molecule has 1 aromatic carbocycles. The summed E-state index contributed by atoms with van der Waals surface area (Å²) in [6.07, 6.45) is 0. The summed E-state index contributed by atoms with van der Waals surface area (Å²) in [7, 11) is -3.22. The van der Waals surface area contributed by atoms with Gasteiger partial charge in [-0.25, -0.2) is 8.42 Å². The fourth-order valence-electron chi connectivity index (χ4n) is 1.49. The molecule has 0 radical (unpaired) electrons. The van der Waals surface area contributed by atoms with E-state index in [-0.39, 0.29) is 5.75 Å². The van der Waals surface area contributed by atoms with Crippen LogP contribution in [0.25, 0.3) is 0 Å². The maximum atomic E-state index is 11.9. The van der Waals surface area contributed by atoms with E-state index in [0.29, 0.717) is 17.1 Å². The number of anilines is 1. The Morgan fingerprint density at radius 1 is 1.33 bits per heavy atom. The molecule has 0 aliphatic carbocycles. The van der Waals surface area contributed by atoms with Gasteiger partial charge < -0.3 is 5.32 Å². The van der Waals surface area contributed by atoms with E-state index in [1.165, 1.54) is 11.5 Å². The Labute approximate surface area is 110 Å². The Morgan fingerprint density at radius 2 is 2.11 bits per heavy atom. The second-order valence-electron chi connectivity index (χ2n) is 3.65. The quantitative estimate of drug-likeness (QED) is 0.908. The maximum absolute atomic E-state index is 11.9. The first-order chi connectivity index (χ1) is 8.63. The van der Waals surface area contributed by atoms with Crippen LogP contribution in [0, 0.1) is 0 Å². The lowest BCUT2D eigenvalue weighted by Crippen LogP contribution is -2.09. The van der Waals surface area contributed by atoms with Gasteiger partial charge in [0.2, 0.25) is 0 Å². The van der Waals surface area contributed by atoms with E-state index in [4.69, 9.17) is 0 Å². The summed E-state index contributed by atoms with van der Waals surface area (Å²) >= 11 is 1.27. The van der Waals surface area contributed by atoms with E-state index in [1.54, 1.807) is 31.2 Å². The summed E-state index contributed by atoms with van der Waals surface area (Å²) < 4.78 is 27.6. The van der Waals surface area contributed by atoms with Crippen molar-refractivity contribution in [2.45, 2.75) is 18.4 Å². The largest absolute Gasteiger partial charge is 0.378 e. The molecule has 1 N–H and O–H groups in total. The van der Waals surface area contributed by atoms with Crippen LogP contribution in [-0.4, -0.2) is 23.8 Å². The van der Waals surface area contributed by atoms with Gasteiger partial charge in [0.15, 0.2) is 9.84 Å². The molecule has 2 aromatic rings. The summed E-state index contributed by atoms with van der Waals surface area (Å²) in [6, 6.07) is 6.89. The molecule has 0 atom stereocenters. The Kier molecular flexibility index (Phi) is 3.93. The number of aromatic nitrogens is 2. The van der Waals surface area contributed by atoms with Crippen molar-refractivity contribution in [1.29, 1.82) is 0 Å². The predicted molar refractivity (Wildman–Crippen MR) is 71.4 cm³/mol. The van der Waals surface area contributed by atoms with Crippen LogP contribution >= 0.6 is 11.5 Å². The molecule has 1 heterocycles. The number of rotatable bonds is 5. The van der Waals surface area contributed by atoms with Crippen LogP contribution in [0.5, 0.6) is 0 Å². The van der Waals surface area contributed by atoms with Crippen LogP contribution in [0.3, 0.4) is 0 Å². The third-order valence-corrected chi connectivity index (χ3v) is 4.81. The van der Waals surface area contributed by atoms with Crippen LogP contribution in [0.4, 0.5) is 5.69 Å². The number of nitrogens with zero attached hydrogens (tertiary/aromatic N) is 2. The zero-order chi connectivity index (χ0) is 13.0. The number of sulfone groups is 1. The van der Waals surface area contributed by atoms with Crippen molar-refractivity contribution in [3.8, 4) is 0 Å². The van der Waals surface area contributed by atoms with Crippen molar-refractivity contribution in [2.24, 2.45) is 0 Å². The van der Waals surface area contributed by atoms with E-state index in [0.717, 1.165) is 5.69 Å². The number of para-hydroxylation sites is 1. The van der Waals surface area contributed by atoms with Gasteiger partial charge in [-0.15, -0.1) is 5.10 Å². The zero-order valence-electron chi connectivity index (χ0n) is 9.83. The minimum Gasteiger partial charge on any atom is -0.378 e. The van der Waals surface area contributed by atoms with Gasteiger partial charge in [0.1, 0.15) is 0 Å². The molecule has 0 amide bonds. The van der Waals surface area contributed by atoms with Crippen molar-refractivity contribution < 1.29 is 8.42 Å². The van der Waals surface area contributed by atoms with E-state index >= 15 is 0 Å². The minimum absolute atomic E-state index is 0.0873. The first-order valence-electron chi connectivity index (χ1n) is 5.45. The highest BCUT2D eigenvalue weighted by molar-refractivity contribution is 7.91. The zero-order valence-corrected chi connectivity index (χ0v) is 11.5. The Balaban J connectivity index is 2.23. The topological polar surface area (TPSA) is 72.0 Å². The lowest BCUT2D eigenvalue weighted by Gasteiger charge is -2.10. The van der Waals surface area contributed by atoms with Gasteiger partial charge in [-0.3, -0.25) is 0 Å². The Bertz CT molecular complexity index is 609. The predicted octanol–water partition coefficient (Wildman–Crippen LogP) is 1.94. The molecule has 0 aliphatic rings. The van der Waals surface area contributed by atoms with Crippen LogP contribution in [0.2, 0.25) is 0 Å². The number of nitrogens with one attached hydrogen (secondary N) is 1. The molecule has 5 nitrogen and oxygen atoms in total. The molecule has 0 unspecified atom stereocenters. The van der Waals surface area contributed by atoms with E-state index < -0.39 is 9.84 Å². The van der Waals surface area contributed by atoms with Crippen LogP contribution < -0.4 is 5.32 Å². The van der Waals surface area contributed by atoms with Gasteiger partial charge in [-0.05, 0) is 23.7 Å². The van der Waals surface area contributed by atoms with Crippen LogP contribution in [-0.2, 0) is 16.4 Å².